The van der Waals surface area contributed by atoms with E-state index in [0.717, 1.165) is 12.0 Å². The lowest BCUT2D eigenvalue weighted by molar-refractivity contribution is 0.0638. The number of pyridine rings is 1. The van der Waals surface area contributed by atoms with Gasteiger partial charge in [0.25, 0.3) is 17.4 Å². The van der Waals surface area contributed by atoms with Crippen LogP contribution in [0.15, 0.2) is 47.4 Å². The predicted molar refractivity (Wildman–Crippen MR) is 155 cm³/mol. The Morgan fingerprint density at radius 3 is 2.61 bits per heavy atom. The fraction of sp³-hybridized carbons (Fsp3) is 0.333. The number of H-pyrrole nitrogens is 2. The van der Waals surface area contributed by atoms with Crippen LogP contribution in [-0.2, 0) is 11.2 Å². The summed E-state index contributed by atoms with van der Waals surface area (Å²) in [5.41, 5.74) is 4.05. The Bertz CT molecular complexity index is 1610. The van der Waals surface area contributed by atoms with Crippen LogP contribution in [0, 0.1) is 6.92 Å². The van der Waals surface area contributed by atoms with Crippen LogP contribution in [0.4, 0.5) is 5.69 Å². The van der Waals surface area contributed by atoms with Gasteiger partial charge in [-0.25, -0.2) is 4.98 Å². The number of amides is 2. The van der Waals surface area contributed by atoms with Gasteiger partial charge in [0.1, 0.15) is 29.8 Å². The van der Waals surface area contributed by atoms with E-state index in [-0.39, 0.29) is 54.0 Å². The van der Waals surface area contributed by atoms with Crippen molar-refractivity contribution in [3.8, 4) is 17.1 Å². The summed E-state index contributed by atoms with van der Waals surface area (Å²) < 4.78 is 10.8. The molecule has 0 fully saturated rings. The van der Waals surface area contributed by atoms with Crippen molar-refractivity contribution in [1.29, 1.82) is 0 Å². The topological polar surface area (TPSA) is 150 Å². The summed E-state index contributed by atoms with van der Waals surface area (Å²) in [7, 11) is 1.57. The highest BCUT2D eigenvalue weighted by atomic mass is 16.5. The van der Waals surface area contributed by atoms with Gasteiger partial charge in [-0.3, -0.25) is 19.3 Å². The number of aliphatic hydroxyl groups excluding tert-OH is 1. The number of aromatic amines is 2. The molecule has 1 atom stereocenters. The van der Waals surface area contributed by atoms with E-state index in [4.69, 9.17) is 9.47 Å². The molecule has 0 unspecified atom stereocenters. The Kier molecular flexibility index (Phi) is 8.18. The summed E-state index contributed by atoms with van der Waals surface area (Å²) in [6.07, 6.45) is 2.13. The highest BCUT2D eigenvalue weighted by molar-refractivity contribution is 6.22. The molecule has 0 saturated heterocycles. The largest absolute Gasteiger partial charge is 0.491 e. The van der Waals surface area contributed by atoms with E-state index in [9.17, 15) is 19.5 Å². The van der Waals surface area contributed by atoms with Crippen LogP contribution in [0.3, 0.4) is 0 Å². The van der Waals surface area contributed by atoms with E-state index in [2.05, 4.69) is 33.3 Å². The number of anilines is 1. The van der Waals surface area contributed by atoms with Crippen molar-refractivity contribution in [2.75, 3.05) is 38.7 Å². The Morgan fingerprint density at radius 2 is 1.88 bits per heavy atom. The molecular weight excluding hydrogens is 526 g/mol. The number of imidazole rings is 1. The van der Waals surface area contributed by atoms with Gasteiger partial charge in [-0.15, -0.1) is 0 Å². The first-order valence-corrected chi connectivity index (χ1v) is 13.6. The lowest BCUT2D eigenvalue weighted by Crippen LogP contribution is -2.31. The highest BCUT2D eigenvalue weighted by Gasteiger charge is 2.36. The van der Waals surface area contributed by atoms with E-state index >= 15 is 0 Å². The quantitative estimate of drug-likeness (QED) is 0.153. The predicted octanol–water partition coefficient (Wildman–Crippen LogP) is 3.27. The molecule has 1 aliphatic rings. The minimum Gasteiger partial charge on any atom is -0.491 e. The molecule has 0 aliphatic carbocycles. The van der Waals surface area contributed by atoms with Crippen LogP contribution in [0.5, 0.6) is 5.75 Å². The van der Waals surface area contributed by atoms with E-state index in [0.29, 0.717) is 35.5 Å². The van der Waals surface area contributed by atoms with Crippen molar-refractivity contribution in [1.82, 2.24) is 19.9 Å². The van der Waals surface area contributed by atoms with Crippen molar-refractivity contribution in [2.45, 2.75) is 32.8 Å². The third-order valence-corrected chi connectivity index (χ3v) is 7.11. The Morgan fingerprint density at radius 1 is 1.10 bits per heavy atom. The first-order valence-electron chi connectivity index (χ1n) is 13.6. The van der Waals surface area contributed by atoms with Crippen LogP contribution in [0.1, 0.15) is 45.2 Å². The molecule has 11 heteroatoms. The zero-order chi connectivity index (χ0) is 29.1. The maximum Gasteiger partial charge on any atom is 0.261 e. The van der Waals surface area contributed by atoms with Crippen LogP contribution in [0.2, 0.25) is 0 Å². The standard InChI is InChI=1S/C30H33N5O6/c1-4-18-6-7-25(17(2)12-18)41-16-19(36)15-32-22-8-9-31-28(37)26(22)27-33-23-13-20-21(14-24(23)34-27)30(39)35(29(20)38)10-5-11-40-3/h6-9,12-14,19,36H,4-5,10-11,15-16H2,1-3H3,(H,33,34)(H2,31,32,37)/t19-/m1/s1. The fourth-order valence-electron chi connectivity index (χ4n) is 4.91. The van der Waals surface area contributed by atoms with E-state index in [1.165, 1.54) is 16.7 Å². The summed E-state index contributed by atoms with van der Waals surface area (Å²) in [6, 6.07) is 10.8. The zero-order valence-electron chi connectivity index (χ0n) is 23.2. The number of imide groups is 1. The summed E-state index contributed by atoms with van der Waals surface area (Å²) in [5, 5.41) is 13.7. The lowest BCUT2D eigenvalue weighted by Gasteiger charge is -2.16. The molecule has 0 bridgehead atoms. The maximum atomic E-state index is 12.9. The average molecular weight is 560 g/mol. The number of hydrogen-bond acceptors (Lipinski definition) is 8. The van der Waals surface area contributed by atoms with Crippen LogP contribution in [0.25, 0.3) is 22.4 Å². The zero-order valence-corrected chi connectivity index (χ0v) is 23.2. The number of fused-ring (bicyclic) bond motifs is 2. The molecule has 3 heterocycles. The first-order chi connectivity index (χ1) is 19.8. The van der Waals surface area contributed by atoms with Gasteiger partial charge in [0.05, 0.1) is 27.8 Å². The SMILES string of the molecule is CCc1ccc(OC[C@H](O)CNc2cc[nH]c(=O)c2-c2nc3cc4c(cc3[nH]2)C(=O)N(CCCOC)C4=O)c(C)c1. The fourth-order valence-corrected chi connectivity index (χ4v) is 4.91. The van der Waals surface area contributed by atoms with Crippen LogP contribution < -0.4 is 15.6 Å². The maximum absolute atomic E-state index is 12.9. The van der Waals surface area contributed by atoms with Crippen LogP contribution in [-0.4, -0.2) is 76.3 Å². The molecule has 4 aromatic rings. The minimum atomic E-state index is -0.852. The van der Waals surface area contributed by atoms with Gasteiger partial charge in [0.15, 0.2) is 0 Å². The smallest absolute Gasteiger partial charge is 0.261 e. The van der Waals surface area contributed by atoms with Crippen molar-refractivity contribution in [3.05, 3.63) is 75.2 Å². The highest BCUT2D eigenvalue weighted by Crippen LogP contribution is 2.30. The molecule has 2 aromatic heterocycles. The second-order valence-corrected chi connectivity index (χ2v) is 10.0. The molecule has 5 rings (SSSR count). The Labute approximate surface area is 236 Å². The number of hydrogen-bond donors (Lipinski definition) is 4. The van der Waals surface area contributed by atoms with Gasteiger partial charge in [-0.1, -0.05) is 19.1 Å². The van der Waals surface area contributed by atoms with E-state index in [1.807, 2.05) is 19.1 Å². The minimum absolute atomic E-state index is 0.0680. The van der Waals surface area contributed by atoms with E-state index in [1.54, 1.807) is 25.3 Å². The lowest BCUT2D eigenvalue weighted by atomic mass is 10.1. The van der Waals surface area contributed by atoms with E-state index < -0.39 is 11.7 Å². The average Bonchev–Trinajstić information content (AvgIpc) is 3.47. The number of nitrogens with one attached hydrogen (secondary N) is 3. The number of carbonyl (C=O) groups is 2. The Balaban J connectivity index is 1.32. The number of aliphatic hydroxyl groups is 1. The number of rotatable bonds is 12. The number of aromatic nitrogens is 3. The van der Waals surface area contributed by atoms with Gasteiger partial charge < -0.3 is 29.9 Å². The summed E-state index contributed by atoms with van der Waals surface area (Å²) in [6.45, 7) is 4.96. The van der Waals surface area contributed by atoms with Gasteiger partial charge in [0.2, 0.25) is 0 Å². The molecule has 0 saturated carbocycles. The normalized spacial score (nSPS) is 13.6. The molecule has 214 valence electrons. The summed E-state index contributed by atoms with van der Waals surface area (Å²) in [4.78, 5) is 50.2. The molecule has 4 N–H and O–H groups in total. The van der Waals surface area contributed by atoms with Gasteiger partial charge in [-0.2, -0.15) is 0 Å². The Hall–Kier alpha value is -4.48. The van der Waals surface area contributed by atoms with Crippen molar-refractivity contribution in [3.63, 3.8) is 0 Å². The molecule has 41 heavy (non-hydrogen) atoms. The van der Waals surface area contributed by atoms with Crippen molar-refractivity contribution < 1.29 is 24.2 Å². The first kappa shape index (κ1) is 28.1. The molecule has 0 spiro atoms. The molecular formula is C30H33N5O6. The number of methoxy groups -OCH3 is 1. The monoisotopic (exact) mass is 559 g/mol. The van der Waals surface area contributed by atoms with Crippen molar-refractivity contribution in [2.24, 2.45) is 0 Å². The van der Waals surface area contributed by atoms with Gasteiger partial charge in [0, 0.05) is 33.0 Å². The third kappa shape index (κ3) is 5.72. The summed E-state index contributed by atoms with van der Waals surface area (Å²) in [5.74, 6) is 0.233. The molecule has 2 amide bonds. The number of ether oxygens (including phenoxy) is 2. The number of benzene rings is 2. The number of carbonyl (C=O) groups excluding carboxylic acids is 2. The molecule has 11 nitrogen and oxygen atoms in total. The second-order valence-electron chi connectivity index (χ2n) is 10.0. The van der Waals surface area contributed by atoms with Crippen LogP contribution >= 0.6 is 0 Å². The number of aryl methyl sites for hydroxylation is 2. The number of nitrogens with zero attached hydrogens (tertiary/aromatic N) is 2. The van der Waals surface area contributed by atoms with Crippen molar-refractivity contribution >= 4 is 28.5 Å². The second kappa shape index (κ2) is 11.9. The molecule has 1 aliphatic heterocycles. The summed E-state index contributed by atoms with van der Waals surface area (Å²) >= 11 is 0. The molecule has 0 radical (unpaired) electrons. The van der Waals surface area contributed by atoms with Gasteiger partial charge >= 0.3 is 0 Å². The van der Waals surface area contributed by atoms with Gasteiger partial charge in [-0.05, 0) is 55.2 Å². The molecule has 2 aromatic carbocycles. The third-order valence-electron chi connectivity index (χ3n) is 7.11.